The molecule has 0 aliphatic carbocycles. The predicted molar refractivity (Wildman–Crippen MR) is 90.0 cm³/mol. The molecule has 1 radical (unpaired) electrons. The van der Waals surface area contributed by atoms with Crippen LogP contribution < -0.4 is 10.4 Å². The zero-order chi connectivity index (χ0) is 13.8. The molecule has 0 bridgehead atoms. The van der Waals surface area contributed by atoms with Gasteiger partial charge in [0.15, 0.2) is 0 Å². The molecule has 0 heterocycles. The molecule has 3 heteroatoms. The summed E-state index contributed by atoms with van der Waals surface area (Å²) in [7, 11) is -1.96. The zero-order valence-electron chi connectivity index (χ0n) is 13.1. The molecule has 2 aromatic rings. The second-order valence-electron chi connectivity index (χ2n) is 6.85. The molecule has 2 aromatic carbocycles. The van der Waals surface area contributed by atoms with Crippen molar-refractivity contribution in [2.45, 2.75) is 39.3 Å². The quantitative estimate of drug-likeness (QED) is 0.580. The maximum absolute atomic E-state index is 2.36. The molecule has 0 saturated carbocycles. The molecule has 0 N–H and O–H groups in total. The molecule has 103 valence electrons. The van der Waals surface area contributed by atoms with Gasteiger partial charge in [0.05, 0.1) is 0 Å². The Morgan fingerprint density at radius 3 is 0.842 bits per heavy atom. The smallest absolute Gasteiger partial charge is 0.214 e. The first-order chi connectivity index (χ1) is 8.21. The van der Waals surface area contributed by atoms with E-state index in [0.29, 0.717) is 0 Å². The van der Waals surface area contributed by atoms with Crippen LogP contribution in [0.2, 0.25) is 39.3 Å². The van der Waals surface area contributed by atoms with E-state index in [-0.39, 0.29) is 18.6 Å². The third-order valence-corrected chi connectivity index (χ3v) is 7.19. The van der Waals surface area contributed by atoms with Crippen LogP contribution in [0, 0.1) is 0 Å². The van der Waals surface area contributed by atoms with Gasteiger partial charge in [0, 0.05) is 16.1 Å². The molecule has 19 heavy (non-hydrogen) atoms. The fourth-order valence-corrected chi connectivity index (χ4v) is 4.13. The molecule has 0 amide bonds. The Bertz CT molecular complexity index is 384. The van der Waals surface area contributed by atoms with Gasteiger partial charge in [-0.3, -0.25) is 0 Å². The van der Waals surface area contributed by atoms with Crippen molar-refractivity contribution in [2.75, 3.05) is 0 Å². The van der Waals surface area contributed by atoms with Gasteiger partial charge in [0.2, 0.25) is 0 Å². The van der Waals surface area contributed by atoms with Gasteiger partial charge in [0.25, 0.3) is 0 Å². The average Bonchev–Trinajstić information content (AvgIpc) is 2.91. The summed E-state index contributed by atoms with van der Waals surface area (Å²) in [6, 6.07) is 17.4. The summed E-state index contributed by atoms with van der Waals surface area (Å²) in [5.74, 6) is 0. The van der Waals surface area contributed by atoms with E-state index in [2.05, 4.69) is 87.8 Å². The number of rotatable bonds is 2. The summed E-state index contributed by atoms with van der Waals surface area (Å²) in [5, 5.41) is 3.12. The minimum Gasteiger partial charge on any atom is -0.214 e. The van der Waals surface area contributed by atoms with E-state index in [0.717, 1.165) is 0 Å². The van der Waals surface area contributed by atoms with E-state index in [1.165, 1.54) is 0 Å². The topological polar surface area (TPSA) is 0 Å². The maximum atomic E-state index is 2.36. The first kappa shape index (κ1) is 18.7. The predicted octanol–water partition coefficient (Wildman–Crippen LogP) is 3.90. The van der Waals surface area contributed by atoms with Crippen molar-refractivity contribution in [1.29, 1.82) is 0 Å². The Morgan fingerprint density at radius 1 is 0.526 bits per heavy atom. The summed E-state index contributed by atoms with van der Waals surface area (Å²) >= 11 is 0. The SMILES string of the molecule is C[Si](C)(C)[c-]1cccc1.C[Si](C)(C)[c-]1cccc1.[V+2]. The molecule has 0 aliphatic rings. The van der Waals surface area contributed by atoms with Gasteiger partial charge >= 0.3 is 18.6 Å². The van der Waals surface area contributed by atoms with E-state index >= 15 is 0 Å². The van der Waals surface area contributed by atoms with Gasteiger partial charge in [-0.25, -0.2) is 24.3 Å². The van der Waals surface area contributed by atoms with Gasteiger partial charge in [-0.05, 0) is 0 Å². The van der Waals surface area contributed by atoms with Crippen molar-refractivity contribution in [3.05, 3.63) is 48.5 Å². The average molecular weight is 325 g/mol. The fourth-order valence-electron chi connectivity index (χ4n) is 1.75. The minimum absolute atomic E-state index is 0. The zero-order valence-corrected chi connectivity index (χ0v) is 16.5. The van der Waals surface area contributed by atoms with E-state index in [1.807, 2.05) is 0 Å². The molecule has 0 spiro atoms. The van der Waals surface area contributed by atoms with Gasteiger partial charge in [-0.1, -0.05) is 39.3 Å². The molecule has 0 fully saturated rings. The minimum atomic E-state index is -0.981. The van der Waals surface area contributed by atoms with Crippen molar-refractivity contribution in [3.8, 4) is 0 Å². The molecule has 2 rings (SSSR count). The summed E-state index contributed by atoms with van der Waals surface area (Å²) in [6.07, 6.45) is 0. The van der Waals surface area contributed by atoms with Crippen molar-refractivity contribution in [2.24, 2.45) is 0 Å². The molecule has 0 aromatic heterocycles. The van der Waals surface area contributed by atoms with E-state index < -0.39 is 16.1 Å². The Hall–Kier alpha value is -0.282. The van der Waals surface area contributed by atoms with Crippen LogP contribution in [-0.4, -0.2) is 16.1 Å². The van der Waals surface area contributed by atoms with Crippen molar-refractivity contribution in [1.82, 2.24) is 0 Å². The van der Waals surface area contributed by atoms with Gasteiger partial charge in [-0.15, -0.1) is 0 Å². The number of hydrogen-bond donors (Lipinski definition) is 0. The second kappa shape index (κ2) is 7.49. The summed E-state index contributed by atoms with van der Waals surface area (Å²) in [5.41, 5.74) is 0. The number of hydrogen-bond acceptors (Lipinski definition) is 0. The van der Waals surface area contributed by atoms with E-state index in [9.17, 15) is 0 Å². The van der Waals surface area contributed by atoms with Crippen molar-refractivity contribution >= 4 is 26.5 Å². The molecule has 0 aliphatic heterocycles. The largest absolute Gasteiger partial charge is 2.00 e. The van der Waals surface area contributed by atoms with Gasteiger partial charge in [-0.2, -0.15) is 34.6 Å². The third kappa shape index (κ3) is 6.62. The van der Waals surface area contributed by atoms with Crippen LogP contribution in [0.15, 0.2) is 48.5 Å². The fraction of sp³-hybridized carbons (Fsp3) is 0.375. The summed E-state index contributed by atoms with van der Waals surface area (Å²) in [4.78, 5) is 0. The van der Waals surface area contributed by atoms with Crippen LogP contribution in [-0.2, 0) is 18.6 Å². The first-order valence-corrected chi connectivity index (χ1v) is 13.7. The van der Waals surface area contributed by atoms with Crippen LogP contribution in [0.4, 0.5) is 0 Å². The Kier molecular flexibility index (Phi) is 7.38. The molecule has 0 saturated heterocycles. The molecule has 0 atom stereocenters. The van der Waals surface area contributed by atoms with Crippen LogP contribution in [0.5, 0.6) is 0 Å². The van der Waals surface area contributed by atoms with Crippen LogP contribution >= 0.6 is 0 Å². The summed E-state index contributed by atoms with van der Waals surface area (Å²) in [6.45, 7) is 14.2. The molecular weight excluding hydrogens is 299 g/mol. The van der Waals surface area contributed by atoms with Gasteiger partial charge < -0.3 is 0 Å². The van der Waals surface area contributed by atoms with E-state index in [4.69, 9.17) is 0 Å². The molecule has 0 nitrogen and oxygen atoms in total. The van der Waals surface area contributed by atoms with Gasteiger partial charge in [0.1, 0.15) is 0 Å². The standard InChI is InChI=1S/2C8H13Si.V/c2*1-9(2,3)8-6-4-5-7-8;/h2*4-7H,1-3H3;/q2*-1;+2. The van der Waals surface area contributed by atoms with Crippen LogP contribution in [0.3, 0.4) is 0 Å². The Labute approximate surface area is 132 Å². The molecule has 0 unspecified atom stereocenters. The second-order valence-corrected chi connectivity index (χ2v) is 17.0. The van der Waals surface area contributed by atoms with E-state index in [1.54, 1.807) is 10.4 Å². The van der Waals surface area contributed by atoms with Crippen molar-refractivity contribution < 1.29 is 18.6 Å². The third-order valence-electron chi connectivity index (χ3n) is 3.06. The van der Waals surface area contributed by atoms with Crippen LogP contribution in [0.25, 0.3) is 0 Å². The maximum Gasteiger partial charge on any atom is 2.00 e. The Morgan fingerprint density at radius 2 is 0.737 bits per heavy atom. The summed E-state index contributed by atoms with van der Waals surface area (Å²) < 4.78 is 0. The van der Waals surface area contributed by atoms with Crippen LogP contribution in [0.1, 0.15) is 0 Å². The Balaban J connectivity index is 0.000000324. The molecular formula is C16H26Si2V. The normalized spacial score (nSPS) is 11.3. The first-order valence-electron chi connectivity index (χ1n) is 6.65. The van der Waals surface area contributed by atoms with Crippen molar-refractivity contribution in [3.63, 3.8) is 0 Å². The monoisotopic (exact) mass is 325 g/mol.